The van der Waals surface area contributed by atoms with Gasteiger partial charge in [-0.25, -0.2) is 0 Å². The van der Waals surface area contributed by atoms with Crippen molar-refractivity contribution >= 4 is 33.2 Å². The lowest BCUT2D eigenvalue weighted by Gasteiger charge is -2.12. The number of aliphatic imine (C=N–C) groups is 1. The molecule has 0 spiro atoms. The van der Waals surface area contributed by atoms with Crippen LogP contribution < -0.4 is 21.3 Å². The number of halogens is 1. The van der Waals surface area contributed by atoms with Crippen molar-refractivity contribution in [1.29, 1.82) is 0 Å². The molecule has 0 unspecified atom stereocenters. The molecule has 0 aliphatic carbocycles. The second-order valence-electron chi connectivity index (χ2n) is 5.68. The van der Waals surface area contributed by atoms with E-state index in [2.05, 4.69) is 37.2 Å². The highest BCUT2D eigenvalue weighted by atomic mass is 79.9. The second-order valence-corrected chi connectivity index (χ2v) is 6.24. The van der Waals surface area contributed by atoms with Crippen molar-refractivity contribution in [2.24, 2.45) is 4.99 Å². The summed E-state index contributed by atoms with van der Waals surface area (Å²) in [6.45, 7) is 6.40. The molecule has 1 aliphatic heterocycles. The van der Waals surface area contributed by atoms with Crippen molar-refractivity contribution in [3.8, 4) is 0 Å². The fourth-order valence-electron chi connectivity index (χ4n) is 2.44. The molecule has 6 nitrogen and oxygen atoms in total. The van der Waals surface area contributed by atoms with Crippen LogP contribution in [0.5, 0.6) is 0 Å². The maximum Gasteiger partial charge on any atom is 0.235 e. The average Bonchev–Trinajstić information content (AvgIpc) is 2.59. The van der Waals surface area contributed by atoms with Gasteiger partial charge >= 0.3 is 0 Å². The Balaban J connectivity index is 1.91. The van der Waals surface area contributed by atoms with Crippen molar-refractivity contribution in [1.82, 2.24) is 16.0 Å². The second kappa shape index (κ2) is 11.3. The molecule has 0 atom stereocenters. The standard InChI is InChI=1S/C17H26BrN5O/c18-12-17(24)23-15-3-1-14(2-4-15)11-16-13-21-8-7-19-5-6-20-9-10-22-16/h1-4,19-21H,5-13H2,(H,23,24). The maximum absolute atomic E-state index is 11.4. The molecule has 1 heterocycles. The number of anilines is 1. The van der Waals surface area contributed by atoms with Crippen LogP contribution >= 0.6 is 15.9 Å². The number of rotatable bonds is 4. The zero-order valence-electron chi connectivity index (χ0n) is 13.9. The van der Waals surface area contributed by atoms with Crippen molar-refractivity contribution in [3.63, 3.8) is 0 Å². The Bertz CT molecular complexity index is 532. The van der Waals surface area contributed by atoms with Crippen LogP contribution in [0.2, 0.25) is 0 Å². The lowest BCUT2D eigenvalue weighted by Crippen LogP contribution is -2.36. The average molecular weight is 396 g/mol. The van der Waals surface area contributed by atoms with E-state index in [1.807, 2.05) is 24.3 Å². The van der Waals surface area contributed by atoms with Crippen molar-refractivity contribution in [2.45, 2.75) is 6.42 Å². The van der Waals surface area contributed by atoms with Crippen molar-refractivity contribution in [2.75, 3.05) is 56.5 Å². The molecule has 1 aromatic carbocycles. The number of nitrogens with zero attached hydrogens (tertiary/aromatic N) is 1. The molecule has 1 aliphatic rings. The van der Waals surface area contributed by atoms with E-state index >= 15 is 0 Å². The van der Waals surface area contributed by atoms with E-state index in [4.69, 9.17) is 4.99 Å². The summed E-state index contributed by atoms with van der Waals surface area (Å²) in [4.78, 5) is 16.1. The van der Waals surface area contributed by atoms with Gasteiger partial charge < -0.3 is 21.3 Å². The van der Waals surface area contributed by atoms with Gasteiger partial charge in [0.1, 0.15) is 0 Å². The Morgan fingerprint density at radius 3 is 2.42 bits per heavy atom. The highest BCUT2D eigenvalue weighted by Gasteiger charge is 2.04. The van der Waals surface area contributed by atoms with Crippen LogP contribution in [0.15, 0.2) is 29.3 Å². The molecule has 0 saturated carbocycles. The summed E-state index contributed by atoms with van der Waals surface area (Å²) in [5, 5.41) is 13.3. The normalized spacial score (nSPS) is 17.3. The largest absolute Gasteiger partial charge is 0.325 e. The van der Waals surface area contributed by atoms with Crippen LogP contribution in [0.4, 0.5) is 5.69 Å². The zero-order chi connectivity index (χ0) is 17.0. The van der Waals surface area contributed by atoms with E-state index in [1.165, 1.54) is 5.56 Å². The molecule has 0 fully saturated rings. The number of amides is 1. The van der Waals surface area contributed by atoms with E-state index in [-0.39, 0.29) is 5.91 Å². The van der Waals surface area contributed by atoms with Crippen LogP contribution in [-0.4, -0.2) is 62.8 Å². The fraction of sp³-hybridized carbons (Fsp3) is 0.529. The van der Waals surface area contributed by atoms with E-state index in [9.17, 15) is 4.79 Å². The topological polar surface area (TPSA) is 77.5 Å². The smallest absolute Gasteiger partial charge is 0.235 e. The first-order valence-corrected chi connectivity index (χ1v) is 9.49. The molecule has 0 aromatic heterocycles. The molecular formula is C17H26BrN5O. The molecule has 0 saturated heterocycles. The minimum atomic E-state index is -0.0447. The Morgan fingerprint density at radius 2 is 1.71 bits per heavy atom. The predicted octanol–water partition coefficient (Wildman–Crippen LogP) is 0.786. The van der Waals surface area contributed by atoms with E-state index in [1.54, 1.807) is 0 Å². The Hall–Kier alpha value is -1.28. The zero-order valence-corrected chi connectivity index (χ0v) is 15.5. The Kier molecular flexibility index (Phi) is 8.97. The number of benzene rings is 1. The molecule has 1 aromatic rings. The molecule has 24 heavy (non-hydrogen) atoms. The molecule has 132 valence electrons. The molecular weight excluding hydrogens is 370 g/mol. The number of carbonyl (C=O) groups is 1. The fourth-order valence-corrected chi connectivity index (χ4v) is 2.58. The maximum atomic E-state index is 11.4. The van der Waals surface area contributed by atoms with E-state index in [0.717, 1.165) is 63.6 Å². The Labute approximate surface area is 152 Å². The summed E-state index contributed by atoms with van der Waals surface area (Å²) in [7, 11) is 0. The minimum absolute atomic E-state index is 0.0447. The SMILES string of the molecule is O=C(CBr)Nc1ccc(CC2=NCCNCCNCCNC2)cc1. The summed E-state index contributed by atoms with van der Waals surface area (Å²) in [6, 6.07) is 7.96. The minimum Gasteiger partial charge on any atom is -0.325 e. The molecule has 1 amide bonds. The van der Waals surface area contributed by atoms with Crippen molar-refractivity contribution in [3.05, 3.63) is 29.8 Å². The quantitative estimate of drug-likeness (QED) is 0.568. The number of nitrogens with one attached hydrogen (secondary N) is 4. The highest BCUT2D eigenvalue weighted by molar-refractivity contribution is 9.09. The predicted molar refractivity (Wildman–Crippen MR) is 103 cm³/mol. The van der Waals surface area contributed by atoms with Crippen LogP contribution in [0.3, 0.4) is 0 Å². The first-order valence-electron chi connectivity index (χ1n) is 8.37. The molecule has 2 rings (SSSR count). The van der Waals surface area contributed by atoms with Gasteiger partial charge in [-0.05, 0) is 17.7 Å². The highest BCUT2D eigenvalue weighted by Crippen LogP contribution is 2.11. The number of alkyl halides is 1. The van der Waals surface area contributed by atoms with Crippen LogP contribution in [-0.2, 0) is 11.2 Å². The van der Waals surface area contributed by atoms with Gasteiger partial charge in [0.2, 0.25) is 5.91 Å². The summed E-state index contributed by atoms with van der Waals surface area (Å²) >= 11 is 3.14. The summed E-state index contributed by atoms with van der Waals surface area (Å²) in [5.74, 6) is -0.0447. The van der Waals surface area contributed by atoms with Gasteiger partial charge in [0.25, 0.3) is 0 Å². The lowest BCUT2D eigenvalue weighted by atomic mass is 10.1. The molecule has 0 radical (unpaired) electrons. The van der Waals surface area contributed by atoms with Gasteiger partial charge in [-0.1, -0.05) is 28.1 Å². The summed E-state index contributed by atoms with van der Waals surface area (Å²) in [6.07, 6.45) is 0.826. The van der Waals surface area contributed by atoms with E-state index < -0.39 is 0 Å². The number of carbonyl (C=O) groups excluding carboxylic acids is 1. The van der Waals surface area contributed by atoms with Crippen LogP contribution in [0.1, 0.15) is 5.56 Å². The third kappa shape index (κ3) is 7.53. The van der Waals surface area contributed by atoms with Gasteiger partial charge in [-0.3, -0.25) is 9.79 Å². The van der Waals surface area contributed by atoms with Gasteiger partial charge in [0.15, 0.2) is 0 Å². The van der Waals surface area contributed by atoms with Gasteiger partial charge in [-0.15, -0.1) is 0 Å². The third-order valence-corrected chi connectivity index (χ3v) is 4.19. The van der Waals surface area contributed by atoms with Crippen LogP contribution in [0.25, 0.3) is 0 Å². The van der Waals surface area contributed by atoms with Gasteiger partial charge in [0, 0.05) is 57.1 Å². The summed E-state index contributed by atoms with van der Waals surface area (Å²) < 4.78 is 0. The number of hydrogen-bond donors (Lipinski definition) is 4. The van der Waals surface area contributed by atoms with Gasteiger partial charge in [0.05, 0.1) is 11.9 Å². The third-order valence-electron chi connectivity index (χ3n) is 3.68. The summed E-state index contributed by atoms with van der Waals surface area (Å²) in [5.41, 5.74) is 3.18. The first kappa shape index (κ1) is 19.1. The van der Waals surface area contributed by atoms with E-state index in [0.29, 0.717) is 5.33 Å². The molecule has 7 heteroatoms. The van der Waals surface area contributed by atoms with Gasteiger partial charge in [-0.2, -0.15) is 0 Å². The van der Waals surface area contributed by atoms with Crippen LogP contribution in [0, 0.1) is 0 Å². The van der Waals surface area contributed by atoms with Crippen molar-refractivity contribution < 1.29 is 4.79 Å². The monoisotopic (exact) mass is 395 g/mol. The first-order chi connectivity index (χ1) is 11.8. The molecule has 0 bridgehead atoms. The Morgan fingerprint density at radius 1 is 1.04 bits per heavy atom. The molecule has 4 N–H and O–H groups in total. The lowest BCUT2D eigenvalue weighted by molar-refractivity contribution is -0.113. The number of hydrogen-bond acceptors (Lipinski definition) is 5.